The van der Waals surface area contributed by atoms with Crippen LogP contribution in [0.3, 0.4) is 0 Å². The number of rotatable bonds is 0. The summed E-state index contributed by atoms with van der Waals surface area (Å²) >= 11 is 1.49. The van der Waals surface area contributed by atoms with E-state index in [1.54, 1.807) is 0 Å². The van der Waals surface area contributed by atoms with Gasteiger partial charge >= 0.3 is 0 Å². The van der Waals surface area contributed by atoms with Gasteiger partial charge in [-0.05, 0) is 12.7 Å². The summed E-state index contributed by atoms with van der Waals surface area (Å²) in [4.78, 5) is 19.4. The number of thioether (sulfide) groups is 1. The highest BCUT2D eigenvalue weighted by Gasteiger charge is 2.36. The molecule has 5 nitrogen and oxygen atoms in total. The Morgan fingerprint density at radius 2 is 2.44 bits per heavy atom. The van der Waals surface area contributed by atoms with Crippen molar-refractivity contribution in [1.82, 2.24) is 9.80 Å². The topological polar surface area (TPSA) is 59.7 Å². The van der Waals surface area contributed by atoms with Gasteiger partial charge in [-0.25, -0.2) is 0 Å². The Kier molecular flexibility index (Phi) is 3.34. The van der Waals surface area contributed by atoms with Crippen LogP contribution in [0.15, 0.2) is 4.99 Å². The van der Waals surface area contributed by atoms with Gasteiger partial charge < -0.3 is 9.80 Å². The largest absolute Gasteiger partial charge is 0.347 e. The second kappa shape index (κ2) is 4.74. The summed E-state index contributed by atoms with van der Waals surface area (Å²) in [6.45, 7) is 2.35. The average molecular weight is 238 g/mol. The van der Waals surface area contributed by atoms with Gasteiger partial charge in [0.2, 0.25) is 12.1 Å². The number of nitriles is 1. The molecular formula is C10H14N4OS. The summed E-state index contributed by atoms with van der Waals surface area (Å²) in [6.07, 6.45) is 5.35. The number of aliphatic imine (C=N–C) groups is 1. The molecule has 0 radical (unpaired) electrons. The molecule has 0 aromatic heterocycles. The van der Waals surface area contributed by atoms with Crippen LogP contribution < -0.4 is 0 Å². The lowest BCUT2D eigenvalue weighted by atomic mass is 10.2. The van der Waals surface area contributed by atoms with Crippen LogP contribution in [-0.2, 0) is 4.79 Å². The second-order valence-electron chi connectivity index (χ2n) is 3.92. The zero-order valence-electron chi connectivity index (χ0n) is 9.22. The number of hydrogen-bond donors (Lipinski definition) is 0. The molecule has 2 saturated heterocycles. The maximum Gasteiger partial charge on any atom is 0.223 e. The van der Waals surface area contributed by atoms with Gasteiger partial charge in [-0.1, -0.05) is 11.8 Å². The lowest BCUT2D eigenvalue weighted by Crippen LogP contribution is -2.52. The molecule has 2 fully saturated rings. The minimum atomic E-state index is 0.271. The fourth-order valence-corrected chi connectivity index (χ4v) is 2.88. The van der Waals surface area contributed by atoms with Gasteiger partial charge in [0.1, 0.15) is 0 Å². The predicted molar refractivity (Wildman–Crippen MR) is 62.9 cm³/mol. The Bertz CT molecular complexity index is 362. The second-order valence-corrected chi connectivity index (χ2v) is 4.70. The Balaban J connectivity index is 2.04. The van der Waals surface area contributed by atoms with Gasteiger partial charge in [0.05, 0.1) is 0 Å². The molecule has 1 amide bonds. The molecule has 0 spiro atoms. The molecule has 2 rings (SSSR count). The molecule has 2 aliphatic heterocycles. The summed E-state index contributed by atoms with van der Waals surface area (Å²) in [7, 11) is 0. The molecule has 0 bridgehead atoms. The molecule has 16 heavy (non-hydrogen) atoms. The van der Waals surface area contributed by atoms with E-state index in [1.165, 1.54) is 11.8 Å². The molecule has 0 aromatic carbocycles. The SMILES string of the molecule is CSC(=NC#N)N1CCN2C(=O)CCC2C1. The van der Waals surface area contributed by atoms with Crippen molar-refractivity contribution >= 4 is 22.8 Å². The number of amidine groups is 1. The van der Waals surface area contributed by atoms with Crippen LogP contribution in [-0.4, -0.2) is 52.8 Å². The lowest BCUT2D eigenvalue weighted by Gasteiger charge is -2.38. The number of carbonyl (C=O) groups is 1. The van der Waals surface area contributed by atoms with Crippen molar-refractivity contribution in [1.29, 1.82) is 5.26 Å². The minimum absolute atomic E-state index is 0.271. The van der Waals surface area contributed by atoms with Crippen molar-refractivity contribution in [3.63, 3.8) is 0 Å². The number of carbonyl (C=O) groups excluding carboxylic acids is 1. The van der Waals surface area contributed by atoms with E-state index in [0.717, 1.165) is 31.2 Å². The Hall–Kier alpha value is -1.22. The first-order valence-electron chi connectivity index (χ1n) is 5.31. The zero-order chi connectivity index (χ0) is 11.5. The summed E-state index contributed by atoms with van der Waals surface area (Å²) in [5, 5.41) is 9.35. The molecule has 2 aliphatic rings. The van der Waals surface area contributed by atoms with Gasteiger partial charge in [-0.15, -0.1) is 4.99 Å². The number of nitrogens with zero attached hydrogens (tertiary/aromatic N) is 4. The van der Waals surface area contributed by atoms with Gasteiger partial charge in [0, 0.05) is 32.1 Å². The molecule has 6 heteroatoms. The third-order valence-electron chi connectivity index (χ3n) is 3.09. The van der Waals surface area contributed by atoms with E-state index in [0.29, 0.717) is 12.5 Å². The standard InChI is InChI=1S/C10H14N4OS/c1-16-10(12-7-11)13-4-5-14-8(6-13)2-3-9(14)15/h8H,2-6H2,1H3. The quantitative estimate of drug-likeness (QED) is 0.350. The van der Waals surface area contributed by atoms with Crippen molar-refractivity contribution in [2.75, 3.05) is 25.9 Å². The van der Waals surface area contributed by atoms with Crippen LogP contribution in [0.4, 0.5) is 0 Å². The molecule has 0 N–H and O–H groups in total. The zero-order valence-corrected chi connectivity index (χ0v) is 10.0. The van der Waals surface area contributed by atoms with Crippen LogP contribution in [0, 0.1) is 11.5 Å². The summed E-state index contributed by atoms with van der Waals surface area (Å²) < 4.78 is 0. The summed E-state index contributed by atoms with van der Waals surface area (Å²) in [6, 6.07) is 0.317. The van der Waals surface area contributed by atoms with Crippen LogP contribution in [0.1, 0.15) is 12.8 Å². The van der Waals surface area contributed by atoms with E-state index >= 15 is 0 Å². The number of amides is 1. The molecule has 1 unspecified atom stereocenters. The summed E-state index contributed by atoms with van der Waals surface area (Å²) in [5.74, 6) is 0.271. The highest BCUT2D eigenvalue weighted by molar-refractivity contribution is 8.13. The number of hydrogen-bond acceptors (Lipinski definition) is 4. The number of fused-ring (bicyclic) bond motifs is 1. The van der Waals surface area contributed by atoms with Gasteiger partial charge in [-0.2, -0.15) is 5.26 Å². The fraction of sp³-hybridized carbons (Fsp3) is 0.700. The monoisotopic (exact) mass is 238 g/mol. The van der Waals surface area contributed by atoms with Crippen LogP contribution in [0.25, 0.3) is 0 Å². The van der Waals surface area contributed by atoms with Crippen molar-refractivity contribution in [3.05, 3.63) is 0 Å². The lowest BCUT2D eigenvalue weighted by molar-refractivity contribution is -0.130. The molecule has 1 atom stereocenters. The normalized spacial score (nSPS) is 25.6. The van der Waals surface area contributed by atoms with Gasteiger partial charge in [0.25, 0.3) is 0 Å². The van der Waals surface area contributed by atoms with Crippen molar-refractivity contribution in [2.24, 2.45) is 4.99 Å². The Labute approximate surface area is 99.1 Å². The maximum absolute atomic E-state index is 11.5. The molecule has 0 aromatic rings. The molecule has 86 valence electrons. The Morgan fingerprint density at radius 1 is 1.62 bits per heavy atom. The summed E-state index contributed by atoms with van der Waals surface area (Å²) in [5.41, 5.74) is 0. The first-order valence-corrected chi connectivity index (χ1v) is 6.54. The van der Waals surface area contributed by atoms with E-state index in [-0.39, 0.29) is 5.91 Å². The first kappa shape index (κ1) is 11.3. The Morgan fingerprint density at radius 3 is 3.12 bits per heavy atom. The third kappa shape index (κ3) is 2.00. The van der Waals surface area contributed by atoms with E-state index in [2.05, 4.69) is 9.89 Å². The predicted octanol–water partition coefficient (Wildman–Crippen LogP) is 0.493. The maximum atomic E-state index is 11.5. The van der Waals surface area contributed by atoms with E-state index in [1.807, 2.05) is 17.3 Å². The van der Waals surface area contributed by atoms with E-state index < -0.39 is 0 Å². The fourth-order valence-electron chi connectivity index (χ4n) is 2.33. The average Bonchev–Trinajstić information content (AvgIpc) is 2.67. The van der Waals surface area contributed by atoms with Crippen LogP contribution >= 0.6 is 11.8 Å². The molecular weight excluding hydrogens is 224 g/mol. The number of piperazine rings is 1. The van der Waals surface area contributed by atoms with Crippen molar-refractivity contribution in [3.8, 4) is 6.19 Å². The van der Waals surface area contributed by atoms with Gasteiger partial charge in [0.15, 0.2) is 5.17 Å². The van der Waals surface area contributed by atoms with Crippen LogP contribution in [0.2, 0.25) is 0 Å². The van der Waals surface area contributed by atoms with E-state index in [4.69, 9.17) is 5.26 Å². The molecule has 0 aliphatic carbocycles. The van der Waals surface area contributed by atoms with E-state index in [9.17, 15) is 4.79 Å². The molecule has 0 saturated carbocycles. The highest BCUT2D eigenvalue weighted by Crippen LogP contribution is 2.24. The van der Waals surface area contributed by atoms with Crippen LogP contribution in [0.5, 0.6) is 0 Å². The smallest absolute Gasteiger partial charge is 0.223 e. The highest BCUT2D eigenvalue weighted by atomic mass is 32.2. The molecule has 2 heterocycles. The van der Waals surface area contributed by atoms with Crippen molar-refractivity contribution < 1.29 is 4.79 Å². The van der Waals surface area contributed by atoms with Gasteiger partial charge in [-0.3, -0.25) is 4.79 Å². The first-order chi connectivity index (χ1) is 7.76. The third-order valence-corrected chi connectivity index (χ3v) is 3.81. The van der Waals surface area contributed by atoms with Crippen molar-refractivity contribution in [2.45, 2.75) is 18.9 Å². The minimum Gasteiger partial charge on any atom is -0.347 e.